The Bertz CT molecular complexity index is 403. The van der Waals surface area contributed by atoms with Crippen molar-refractivity contribution in [1.82, 2.24) is 0 Å². The molecule has 0 saturated heterocycles. The summed E-state index contributed by atoms with van der Waals surface area (Å²) in [7, 11) is 0. The predicted octanol–water partition coefficient (Wildman–Crippen LogP) is 4.27. The summed E-state index contributed by atoms with van der Waals surface area (Å²) >= 11 is 1.79. The Morgan fingerprint density at radius 3 is 3.00 bits per heavy atom. The van der Waals surface area contributed by atoms with Crippen molar-refractivity contribution in [2.24, 2.45) is 5.92 Å². The van der Waals surface area contributed by atoms with Gasteiger partial charge in [0.2, 0.25) is 0 Å². The zero-order valence-corrected chi connectivity index (χ0v) is 11.1. The molecule has 1 heterocycles. The van der Waals surface area contributed by atoms with Gasteiger partial charge in [0.25, 0.3) is 0 Å². The Morgan fingerprint density at radius 1 is 1.56 bits per heavy atom. The van der Waals surface area contributed by atoms with Gasteiger partial charge in [0.15, 0.2) is 0 Å². The molecule has 16 heavy (non-hydrogen) atoms. The largest absolute Gasteiger partial charge is 0.390 e. The first-order valence-corrected chi connectivity index (χ1v) is 7.03. The molecule has 1 aromatic heterocycles. The lowest BCUT2D eigenvalue weighted by Crippen LogP contribution is -2.10. The summed E-state index contributed by atoms with van der Waals surface area (Å²) in [5.41, 5.74) is 10.2. The maximum absolute atomic E-state index is 6.16. The monoisotopic (exact) mass is 235 g/mol. The van der Waals surface area contributed by atoms with Crippen molar-refractivity contribution in [3.63, 3.8) is 0 Å². The second-order valence-electron chi connectivity index (χ2n) is 4.94. The summed E-state index contributed by atoms with van der Waals surface area (Å²) in [4.78, 5) is 1.52. The van der Waals surface area contributed by atoms with E-state index in [2.05, 4.69) is 20.4 Å². The third-order valence-corrected chi connectivity index (χ3v) is 4.56. The van der Waals surface area contributed by atoms with Gasteiger partial charge in [-0.15, -0.1) is 11.3 Å². The molecule has 0 bridgehead atoms. The van der Waals surface area contributed by atoms with Gasteiger partial charge >= 0.3 is 0 Å². The molecule has 88 valence electrons. The second-order valence-corrected chi connectivity index (χ2v) is 6.08. The zero-order chi connectivity index (χ0) is 11.7. The highest BCUT2D eigenvalue weighted by molar-refractivity contribution is 7.16. The van der Waals surface area contributed by atoms with E-state index in [1.54, 1.807) is 11.3 Å². The molecule has 0 saturated carbocycles. The standard InChI is InChI=1S/C14H21NS/c1-4-5-10(3)13-11-8-9(2)6-7-12(11)16-14(13)15/h9H,3-8,15H2,1-2H3. The van der Waals surface area contributed by atoms with Crippen LogP contribution < -0.4 is 5.73 Å². The molecule has 1 aromatic rings. The minimum atomic E-state index is 0.801. The molecule has 1 aliphatic carbocycles. The summed E-state index contributed by atoms with van der Waals surface area (Å²) in [5.74, 6) is 0.801. The number of hydrogen-bond donors (Lipinski definition) is 1. The van der Waals surface area contributed by atoms with E-state index in [9.17, 15) is 0 Å². The summed E-state index contributed by atoms with van der Waals surface area (Å²) in [5, 5.41) is 0.998. The van der Waals surface area contributed by atoms with Gasteiger partial charge in [-0.1, -0.05) is 26.8 Å². The fourth-order valence-electron chi connectivity index (χ4n) is 2.59. The highest BCUT2D eigenvalue weighted by Crippen LogP contribution is 2.41. The molecular formula is C14H21NS. The van der Waals surface area contributed by atoms with Crippen LogP contribution in [0.5, 0.6) is 0 Å². The van der Waals surface area contributed by atoms with Crippen LogP contribution in [0.2, 0.25) is 0 Å². The Hall–Kier alpha value is -0.760. The number of allylic oxidation sites excluding steroid dienone is 1. The van der Waals surface area contributed by atoms with Gasteiger partial charge < -0.3 is 5.73 Å². The van der Waals surface area contributed by atoms with Gasteiger partial charge in [-0.2, -0.15) is 0 Å². The van der Waals surface area contributed by atoms with Crippen LogP contribution >= 0.6 is 11.3 Å². The molecule has 2 heteroatoms. The van der Waals surface area contributed by atoms with E-state index in [1.807, 2.05) is 0 Å². The van der Waals surface area contributed by atoms with Crippen molar-refractivity contribution >= 4 is 21.9 Å². The third-order valence-electron chi connectivity index (χ3n) is 3.44. The Morgan fingerprint density at radius 2 is 2.31 bits per heavy atom. The van der Waals surface area contributed by atoms with Gasteiger partial charge in [-0.3, -0.25) is 0 Å². The zero-order valence-electron chi connectivity index (χ0n) is 10.3. The fraction of sp³-hybridized carbons (Fsp3) is 0.571. The fourth-order valence-corrected chi connectivity index (χ4v) is 3.76. The lowest BCUT2D eigenvalue weighted by atomic mass is 9.85. The van der Waals surface area contributed by atoms with Crippen molar-refractivity contribution in [3.05, 3.63) is 22.6 Å². The minimum Gasteiger partial charge on any atom is -0.390 e. The quantitative estimate of drug-likeness (QED) is 0.832. The first kappa shape index (κ1) is 11.7. The van der Waals surface area contributed by atoms with Crippen LogP contribution in [0.15, 0.2) is 6.58 Å². The number of rotatable bonds is 3. The number of anilines is 1. The van der Waals surface area contributed by atoms with Gasteiger partial charge in [0.05, 0.1) is 5.00 Å². The number of nitrogens with two attached hydrogens (primary N) is 1. The lowest BCUT2D eigenvalue weighted by Gasteiger charge is -2.19. The molecule has 0 amide bonds. The molecule has 1 nitrogen and oxygen atoms in total. The maximum Gasteiger partial charge on any atom is 0.0938 e. The van der Waals surface area contributed by atoms with E-state index < -0.39 is 0 Å². The summed E-state index contributed by atoms with van der Waals surface area (Å²) in [6.07, 6.45) is 5.94. The number of hydrogen-bond acceptors (Lipinski definition) is 2. The second kappa shape index (κ2) is 4.62. The van der Waals surface area contributed by atoms with Crippen LogP contribution in [0.25, 0.3) is 5.57 Å². The van der Waals surface area contributed by atoms with Crippen molar-refractivity contribution in [3.8, 4) is 0 Å². The van der Waals surface area contributed by atoms with Crippen LogP contribution in [0, 0.1) is 5.92 Å². The molecule has 2 N–H and O–H groups in total. The van der Waals surface area contributed by atoms with Crippen LogP contribution in [0.4, 0.5) is 5.00 Å². The van der Waals surface area contributed by atoms with Crippen LogP contribution in [-0.4, -0.2) is 0 Å². The van der Waals surface area contributed by atoms with Gasteiger partial charge in [-0.25, -0.2) is 0 Å². The van der Waals surface area contributed by atoms with Crippen molar-refractivity contribution in [2.75, 3.05) is 5.73 Å². The van der Waals surface area contributed by atoms with Crippen molar-refractivity contribution in [2.45, 2.75) is 46.0 Å². The molecule has 0 fully saturated rings. The number of fused-ring (bicyclic) bond motifs is 1. The van der Waals surface area contributed by atoms with E-state index in [1.165, 1.54) is 40.8 Å². The van der Waals surface area contributed by atoms with Crippen molar-refractivity contribution < 1.29 is 0 Å². The Balaban J connectivity index is 2.37. The Labute approximate surface area is 102 Å². The van der Waals surface area contributed by atoms with Crippen LogP contribution in [-0.2, 0) is 12.8 Å². The minimum absolute atomic E-state index is 0.801. The first-order valence-electron chi connectivity index (χ1n) is 6.21. The molecule has 1 aliphatic rings. The van der Waals surface area contributed by atoms with E-state index >= 15 is 0 Å². The molecular weight excluding hydrogens is 214 g/mol. The number of aryl methyl sites for hydroxylation is 1. The third kappa shape index (κ3) is 2.03. The first-order chi connectivity index (χ1) is 7.63. The average Bonchev–Trinajstić information content (AvgIpc) is 2.53. The smallest absolute Gasteiger partial charge is 0.0938 e. The van der Waals surface area contributed by atoms with E-state index in [0.29, 0.717) is 0 Å². The molecule has 0 radical (unpaired) electrons. The van der Waals surface area contributed by atoms with Gasteiger partial charge in [-0.05, 0) is 42.7 Å². The highest BCUT2D eigenvalue weighted by Gasteiger charge is 2.23. The Kier molecular flexibility index (Phi) is 3.38. The molecule has 1 atom stereocenters. The summed E-state index contributed by atoms with van der Waals surface area (Å²) < 4.78 is 0. The normalized spacial score (nSPS) is 19.5. The molecule has 1 unspecified atom stereocenters. The lowest BCUT2D eigenvalue weighted by molar-refractivity contribution is 0.506. The van der Waals surface area contributed by atoms with E-state index in [4.69, 9.17) is 5.73 Å². The SMILES string of the molecule is C=C(CCC)c1c(N)sc2c1CC(C)CC2. The van der Waals surface area contributed by atoms with Gasteiger partial charge in [0, 0.05) is 10.4 Å². The van der Waals surface area contributed by atoms with Crippen LogP contribution in [0.1, 0.15) is 49.1 Å². The molecule has 0 aliphatic heterocycles. The summed E-state index contributed by atoms with van der Waals surface area (Å²) in [6, 6.07) is 0. The van der Waals surface area contributed by atoms with Gasteiger partial charge in [0.1, 0.15) is 0 Å². The number of thiophene rings is 1. The molecule has 2 rings (SSSR count). The summed E-state index contributed by atoms with van der Waals surface area (Å²) in [6.45, 7) is 8.74. The highest BCUT2D eigenvalue weighted by atomic mass is 32.1. The van der Waals surface area contributed by atoms with Crippen molar-refractivity contribution in [1.29, 1.82) is 0 Å². The molecule has 0 spiro atoms. The maximum atomic E-state index is 6.16. The average molecular weight is 235 g/mol. The van der Waals surface area contributed by atoms with Crippen LogP contribution in [0.3, 0.4) is 0 Å². The molecule has 0 aromatic carbocycles. The van der Waals surface area contributed by atoms with E-state index in [-0.39, 0.29) is 0 Å². The number of nitrogen functional groups attached to an aromatic ring is 1. The predicted molar refractivity (Wildman–Crippen MR) is 73.9 cm³/mol. The van der Waals surface area contributed by atoms with E-state index in [0.717, 1.165) is 23.8 Å². The topological polar surface area (TPSA) is 26.0 Å².